The first-order valence-electron chi connectivity index (χ1n) is 5.69. The van der Waals surface area contributed by atoms with Crippen LogP contribution in [0.4, 0.5) is 0 Å². The molecule has 0 aliphatic carbocycles. The number of carboxylic acid groups (broad SMARTS) is 1. The van der Waals surface area contributed by atoms with Gasteiger partial charge in [-0.15, -0.1) is 12.3 Å². The highest BCUT2D eigenvalue weighted by Crippen LogP contribution is 2.16. The number of hydrogen-bond donors (Lipinski definition) is 2. The molecule has 0 saturated carbocycles. The summed E-state index contributed by atoms with van der Waals surface area (Å²) in [5.41, 5.74) is 0. The molecule has 2 N–H and O–H groups in total. The van der Waals surface area contributed by atoms with Crippen molar-refractivity contribution in [1.29, 1.82) is 0 Å². The van der Waals surface area contributed by atoms with Gasteiger partial charge in [-0.3, -0.25) is 4.79 Å². The maximum absolute atomic E-state index is 11.8. The predicted molar refractivity (Wildman–Crippen MR) is 71.9 cm³/mol. The van der Waals surface area contributed by atoms with Gasteiger partial charge in [0.2, 0.25) is 5.09 Å². The van der Waals surface area contributed by atoms with E-state index in [2.05, 4.69) is 11.2 Å². The fraction of sp³-hybridized carbons (Fsp3) is 0.333. The lowest BCUT2D eigenvalue weighted by atomic mass is 10.2. The number of carbonyl (C=O) groups is 2. The zero-order valence-electron chi connectivity index (χ0n) is 11.4. The zero-order valence-corrected chi connectivity index (χ0v) is 12.2. The van der Waals surface area contributed by atoms with E-state index in [0.29, 0.717) is 0 Å². The minimum absolute atomic E-state index is 0.204. The Labute approximate surface area is 121 Å². The minimum atomic E-state index is -3.81. The van der Waals surface area contributed by atoms with Gasteiger partial charge in [0.25, 0.3) is 15.9 Å². The summed E-state index contributed by atoms with van der Waals surface area (Å²) >= 11 is 0. The minimum Gasteiger partial charge on any atom is -0.480 e. The molecule has 1 rings (SSSR count). The average molecular weight is 314 g/mol. The molecule has 1 amide bonds. The molecule has 1 heterocycles. The van der Waals surface area contributed by atoms with E-state index >= 15 is 0 Å². The van der Waals surface area contributed by atoms with Gasteiger partial charge in [0.05, 0.1) is 0 Å². The van der Waals surface area contributed by atoms with E-state index in [1.54, 1.807) is 0 Å². The molecule has 1 unspecified atom stereocenters. The van der Waals surface area contributed by atoms with Crippen molar-refractivity contribution in [3.8, 4) is 12.3 Å². The van der Waals surface area contributed by atoms with Crippen LogP contribution in [0.15, 0.2) is 21.6 Å². The van der Waals surface area contributed by atoms with Gasteiger partial charge in [-0.1, -0.05) is 0 Å². The number of carbonyl (C=O) groups excluding carboxylic acids is 1. The van der Waals surface area contributed by atoms with Crippen molar-refractivity contribution in [3.05, 3.63) is 17.9 Å². The van der Waals surface area contributed by atoms with E-state index in [4.69, 9.17) is 15.9 Å². The molecular weight excluding hydrogens is 300 g/mol. The number of hydrogen-bond acceptors (Lipinski definition) is 5. The number of nitrogens with one attached hydrogen (secondary N) is 1. The Morgan fingerprint density at radius 1 is 1.48 bits per heavy atom. The standard InChI is InChI=1S/C12H14N2O6S/c1-4-5-8(12(16)17)13-11(15)9-6-7-10(20-9)21(18,19)14(2)3/h1,6-8H,5H2,2-3H3,(H,13,15)(H,16,17). The first-order chi connectivity index (χ1) is 9.70. The predicted octanol–water partition coefficient (Wildman–Crippen LogP) is -0.264. The molecule has 0 bridgehead atoms. The van der Waals surface area contributed by atoms with Gasteiger partial charge in [-0.05, 0) is 12.1 Å². The summed E-state index contributed by atoms with van der Waals surface area (Å²) in [7, 11) is -1.19. The lowest BCUT2D eigenvalue weighted by Gasteiger charge is -2.10. The summed E-state index contributed by atoms with van der Waals surface area (Å²) in [4.78, 5) is 22.7. The Morgan fingerprint density at radius 3 is 2.57 bits per heavy atom. The maximum Gasteiger partial charge on any atom is 0.327 e. The molecule has 0 fully saturated rings. The van der Waals surface area contributed by atoms with Gasteiger partial charge in [0, 0.05) is 20.5 Å². The van der Waals surface area contributed by atoms with Crippen molar-refractivity contribution in [2.75, 3.05) is 14.1 Å². The number of amides is 1. The molecule has 9 heteroatoms. The van der Waals surface area contributed by atoms with Crippen LogP contribution in [0.1, 0.15) is 17.0 Å². The number of rotatable bonds is 6. The Kier molecular flexibility index (Phi) is 5.12. The number of terminal acetylenes is 1. The Balaban J connectivity index is 2.94. The Morgan fingerprint density at radius 2 is 2.10 bits per heavy atom. The van der Waals surface area contributed by atoms with Crippen LogP contribution in [-0.4, -0.2) is 49.8 Å². The number of carboxylic acids is 1. The quantitative estimate of drug-likeness (QED) is 0.698. The van der Waals surface area contributed by atoms with Crippen molar-refractivity contribution in [2.45, 2.75) is 17.6 Å². The molecule has 0 aromatic carbocycles. The molecule has 8 nitrogen and oxygen atoms in total. The topological polar surface area (TPSA) is 117 Å². The third kappa shape index (κ3) is 3.84. The van der Waals surface area contributed by atoms with Gasteiger partial charge in [-0.2, -0.15) is 0 Å². The molecule has 0 aliphatic heterocycles. The largest absolute Gasteiger partial charge is 0.480 e. The summed E-state index contributed by atoms with van der Waals surface area (Å²) < 4.78 is 29.4. The summed E-state index contributed by atoms with van der Waals surface area (Å²) in [6.45, 7) is 0. The zero-order chi connectivity index (χ0) is 16.2. The second kappa shape index (κ2) is 6.43. The van der Waals surface area contributed by atoms with E-state index < -0.39 is 33.0 Å². The molecule has 1 aromatic rings. The molecule has 0 saturated heterocycles. The van der Waals surface area contributed by atoms with Gasteiger partial charge in [0.1, 0.15) is 6.04 Å². The lowest BCUT2D eigenvalue weighted by molar-refractivity contribution is -0.139. The fourth-order valence-electron chi connectivity index (χ4n) is 1.31. The average Bonchev–Trinajstić information content (AvgIpc) is 2.87. The van der Waals surface area contributed by atoms with Crippen LogP contribution in [0.5, 0.6) is 0 Å². The lowest BCUT2D eigenvalue weighted by Crippen LogP contribution is -2.40. The molecule has 21 heavy (non-hydrogen) atoms. The van der Waals surface area contributed by atoms with Crippen LogP contribution in [0.3, 0.4) is 0 Å². The molecule has 1 aromatic heterocycles. The summed E-state index contributed by atoms with van der Waals surface area (Å²) in [5.74, 6) is -0.359. The van der Waals surface area contributed by atoms with Gasteiger partial charge in [-0.25, -0.2) is 17.5 Å². The van der Waals surface area contributed by atoms with E-state index in [0.717, 1.165) is 16.4 Å². The van der Waals surface area contributed by atoms with Gasteiger partial charge in [0.15, 0.2) is 5.76 Å². The summed E-state index contributed by atoms with van der Waals surface area (Å²) in [6, 6.07) is 0.975. The SMILES string of the molecule is C#CCC(NC(=O)c1ccc(S(=O)(=O)N(C)C)o1)C(=O)O. The maximum atomic E-state index is 11.8. The third-order valence-corrected chi connectivity index (χ3v) is 4.15. The van der Waals surface area contributed by atoms with Gasteiger partial charge >= 0.3 is 5.97 Å². The van der Waals surface area contributed by atoms with Crippen LogP contribution in [-0.2, 0) is 14.8 Å². The van der Waals surface area contributed by atoms with Crippen molar-refractivity contribution >= 4 is 21.9 Å². The van der Waals surface area contributed by atoms with Gasteiger partial charge < -0.3 is 14.8 Å². The second-order valence-electron chi connectivity index (χ2n) is 4.18. The number of furan rings is 1. The van der Waals surface area contributed by atoms with Crippen molar-refractivity contribution in [2.24, 2.45) is 0 Å². The molecule has 114 valence electrons. The normalized spacial score (nSPS) is 12.7. The highest BCUT2D eigenvalue weighted by molar-refractivity contribution is 7.88. The highest BCUT2D eigenvalue weighted by Gasteiger charge is 2.25. The van der Waals surface area contributed by atoms with E-state index in [9.17, 15) is 18.0 Å². The van der Waals surface area contributed by atoms with Crippen molar-refractivity contribution < 1.29 is 27.5 Å². The van der Waals surface area contributed by atoms with E-state index in [1.807, 2.05) is 0 Å². The van der Waals surface area contributed by atoms with Crippen LogP contribution in [0.25, 0.3) is 0 Å². The van der Waals surface area contributed by atoms with Crippen molar-refractivity contribution in [3.63, 3.8) is 0 Å². The molecule has 0 spiro atoms. The van der Waals surface area contributed by atoms with Crippen LogP contribution < -0.4 is 5.32 Å². The second-order valence-corrected chi connectivity index (χ2v) is 6.26. The molecule has 0 aliphatic rings. The van der Waals surface area contributed by atoms with E-state index in [-0.39, 0.29) is 12.2 Å². The highest BCUT2D eigenvalue weighted by atomic mass is 32.2. The summed E-state index contributed by atoms with van der Waals surface area (Å²) in [6.07, 6.45) is 4.80. The Bertz CT molecular complexity index is 683. The first kappa shape index (κ1) is 16.7. The fourth-order valence-corrected chi connectivity index (χ4v) is 2.10. The molecule has 0 radical (unpaired) electrons. The monoisotopic (exact) mass is 314 g/mol. The smallest absolute Gasteiger partial charge is 0.327 e. The molecule has 1 atom stereocenters. The van der Waals surface area contributed by atoms with Crippen LogP contribution in [0, 0.1) is 12.3 Å². The molecular formula is C12H14N2O6S. The van der Waals surface area contributed by atoms with E-state index in [1.165, 1.54) is 14.1 Å². The van der Waals surface area contributed by atoms with Crippen LogP contribution in [0.2, 0.25) is 0 Å². The number of nitrogens with zero attached hydrogens (tertiary/aromatic N) is 1. The first-order valence-corrected chi connectivity index (χ1v) is 7.13. The third-order valence-electron chi connectivity index (χ3n) is 2.47. The summed E-state index contributed by atoms with van der Waals surface area (Å²) in [5, 5.41) is 10.6. The Hall–Kier alpha value is -2.31. The van der Waals surface area contributed by atoms with Crippen LogP contribution >= 0.6 is 0 Å². The van der Waals surface area contributed by atoms with Crippen molar-refractivity contribution in [1.82, 2.24) is 9.62 Å². The number of aliphatic carboxylic acids is 1. The number of sulfonamides is 1.